The third kappa shape index (κ3) is 2.37. The van der Waals surface area contributed by atoms with Crippen LogP contribution in [0.4, 0.5) is 5.82 Å². The van der Waals surface area contributed by atoms with Crippen molar-refractivity contribution in [2.75, 3.05) is 18.1 Å². The molecule has 4 aromatic heterocycles. The summed E-state index contributed by atoms with van der Waals surface area (Å²) < 4.78 is 8.07. The highest BCUT2D eigenvalue weighted by Crippen LogP contribution is 2.28. The summed E-state index contributed by atoms with van der Waals surface area (Å²) in [4.78, 5) is 22.7. The smallest absolute Gasteiger partial charge is 0.179 e. The molecule has 1 aliphatic rings. The Kier molecular flexibility index (Phi) is 3.26. The second-order valence-electron chi connectivity index (χ2n) is 6.13. The summed E-state index contributed by atoms with van der Waals surface area (Å²) in [5.41, 5.74) is 2.41. The Morgan fingerprint density at radius 1 is 1.20 bits per heavy atom. The second-order valence-corrected chi connectivity index (χ2v) is 6.13. The van der Waals surface area contributed by atoms with Crippen molar-refractivity contribution in [3.63, 3.8) is 0 Å². The summed E-state index contributed by atoms with van der Waals surface area (Å²) in [7, 11) is 0. The van der Waals surface area contributed by atoms with Crippen LogP contribution in [0.2, 0.25) is 0 Å². The predicted octanol–water partition coefficient (Wildman–Crippen LogP) is 2.05. The van der Waals surface area contributed by atoms with Gasteiger partial charge in [0.2, 0.25) is 0 Å². The molecule has 1 saturated heterocycles. The van der Waals surface area contributed by atoms with Crippen molar-refractivity contribution >= 4 is 22.6 Å². The lowest BCUT2D eigenvalue weighted by Gasteiger charge is -2.25. The van der Waals surface area contributed by atoms with Crippen LogP contribution in [0.25, 0.3) is 16.8 Å². The first-order valence-electron chi connectivity index (χ1n) is 8.35. The van der Waals surface area contributed by atoms with Gasteiger partial charge in [0.25, 0.3) is 0 Å². The van der Waals surface area contributed by atoms with Gasteiger partial charge < -0.3 is 19.0 Å². The number of rotatable bonds is 4. The highest BCUT2D eigenvalue weighted by Gasteiger charge is 2.28. The van der Waals surface area contributed by atoms with E-state index in [9.17, 15) is 0 Å². The van der Waals surface area contributed by atoms with Gasteiger partial charge in [-0.25, -0.2) is 19.9 Å². The average molecular weight is 335 g/mol. The lowest BCUT2D eigenvalue weighted by atomic mass is 10.2. The van der Waals surface area contributed by atoms with Crippen molar-refractivity contribution in [3.05, 3.63) is 43.4 Å². The van der Waals surface area contributed by atoms with Gasteiger partial charge in [-0.2, -0.15) is 0 Å². The summed E-state index contributed by atoms with van der Waals surface area (Å²) in [6.45, 7) is 1.53. The topological polar surface area (TPSA) is 84.2 Å². The standard InChI is InChI=1S/C17H17N7O/c1-3-12(9-25-13-4-2-6-23-8-5-18-16(13)23)24(7-1)17-14-15(20-10-19-14)21-11-22-17/h2,4-6,8,10-12H,1,3,7,9H2,(H,19,20,21,22). The number of hydrogen-bond acceptors (Lipinski definition) is 6. The number of nitrogens with one attached hydrogen (secondary N) is 1. The van der Waals surface area contributed by atoms with Crippen molar-refractivity contribution in [2.45, 2.75) is 18.9 Å². The van der Waals surface area contributed by atoms with E-state index in [-0.39, 0.29) is 6.04 Å². The summed E-state index contributed by atoms with van der Waals surface area (Å²) in [5, 5.41) is 0. The minimum absolute atomic E-state index is 0.255. The SMILES string of the molecule is c1cc(OCC2CCCN2c2ncnc3[nH]cnc23)c2nccn2c1. The molecule has 1 N–H and O–H groups in total. The predicted molar refractivity (Wildman–Crippen MR) is 92.7 cm³/mol. The molecule has 0 bridgehead atoms. The second kappa shape index (κ2) is 5.73. The molecule has 0 amide bonds. The number of imidazole rings is 2. The molecule has 0 saturated carbocycles. The van der Waals surface area contributed by atoms with E-state index in [0.29, 0.717) is 6.61 Å². The van der Waals surface area contributed by atoms with Crippen LogP contribution in [0.1, 0.15) is 12.8 Å². The number of hydrogen-bond donors (Lipinski definition) is 1. The average Bonchev–Trinajstić information content (AvgIpc) is 3.38. The number of aromatic amines is 1. The lowest BCUT2D eigenvalue weighted by molar-refractivity contribution is 0.290. The van der Waals surface area contributed by atoms with Gasteiger partial charge in [0.15, 0.2) is 22.9 Å². The van der Waals surface area contributed by atoms with E-state index in [0.717, 1.165) is 47.8 Å². The van der Waals surface area contributed by atoms with Gasteiger partial charge in [0.1, 0.15) is 18.5 Å². The third-order valence-corrected chi connectivity index (χ3v) is 4.66. The number of fused-ring (bicyclic) bond motifs is 2. The summed E-state index contributed by atoms with van der Waals surface area (Å²) in [6.07, 6.45) is 11.1. The van der Waals surface area contributed by atoms with E-state index in [1.165, 1.54) is 0 Å². The maximum atomic E-state index is 6.11. The third-order valence-electron chi connectivity index (χ3n) is 4.66. The van der Waals surface area contributed by atoms with E-state index in [1.54, 1.807) is 18.9 Å². The van der Waals surface area contributed by atoms with Gasteiger partial charge in [-0.05, 0) is 25.0 Å². The summed E-state index contributed by atoms with van der Waals surface area (Å²) >= 11 is 0. The molecule has 5 heterocycles. The summed E-state index contributed by atoms with van der Waals surface area (Å²) in [5.74, 6) is 1.67. The first-order chi connectivity index (χ1) is 12.4. The number of aromatic nitrogens is 6. The monoisotopic (exact) mass is 335 g/mol. The van der Waals surface area contributed by atoms with E-state index < -0.39 is 0 Å². The maximum Gasteiger partial charge on any atom is 0.179 e. The van der Waals surface area contributed by atoms with Crippen LogP contribution in [-0.2, 0) is 0 Å². The van der Waals surface area contributed by atoms with Gasteiger partial charge in [0.05, 0.1) is 12.4 Å². The lowest BCUT2D eigenvalue weighted by Crippen LogP contribution is -2.35. The fourth-order valence-electron chi connectivity index (χ4n) is 3.47. The number of H-pyrrole nitrogens is 1. The molecule has 8 heteroatoms. The van der Waals surface area contributed by atoms with Crippen LogP contribution in [-0.4, -0.2) is 48.5 Å². The molecule has 4 aromatic rings. The van der Waals surface area contributed by atoms with Crippen LogP contribution in [0.15, 0.2) is 43.4 Å². The van der Waals surface area contributed by atoms with Crippen molar-refractivity contribution in [2.24, 2.45) is 0 Å². The molecule has 1 aliphatic heterocycles. The van der Waals surface area contributed by atoms with Gasteiger partial charge in [-0.3, -0.25) is 0 Å². The quantitative estimate of drug-likeness (QED) is 0.614. The minimum atomic E-state index is 0.255. The molecule has 25 heavy (non-hydrogen) atoms. The van der Waals surface area contributed by atoms with Crippen LogP contribution in [0, 0.1) is 0 Å². The fourth-order valence-corrected chi connectivity index (χ4v) is 3.47. The van der Waals surface area contributed by atoms with Crippen LogP contribution in [0.3, 0.4) is 0 Å². The van der Waals surface area contributed by atoms with Gasteiger partial charge >= 0.3 is 0 Å². The van der Waals surface area contributed by atoms with E-state index >= 15 is 0 Å². The van der Waals surface area contributed by atoms with Crippen LogP contribution < -0.4 is 9.64 Å². The molecule has 1 atom stereocenters. The van der Waals surface area contributed by atoms with Crippen LogP contribution in [0.5, 0.6) is 5.75 Å². The van der Waals surface area contributed by atoms with Crippen molar-refractivity contribution < 1.29 is 4.74 Å². The number of pyridine rings is 1. The molecule has 0 radical (unpaired) electrons. The van der Waals surface area contributed by atoms with E-state index in [4.69, 9.17) is 4.74 Å². The molecule has 1 fully saturated rings. The Labute approximate surface area is 143 Å². The van der Waals surface area contributed by atoms with Crippen LogP contribution >= 0.6 is 0 Å². The Hall–Kier alpha value is -3.16. The zero-order chi connectivity index (χ0) is 16.6. The van der Waals surface area contributed by atoms with Gasteiger partial charge in [-0.1, -0.05) is 0 Å². The molecule has 0 aromatic carbocycles. The Bertz CT molecular complexity index is 1020. The normalized spacial score (nSPS) is 17.6. The van der Waals surface area contributed by atoms with Crippen molar-refractivity contribution in [1.29, 1.82) is 0 Å². The molecule has 0 aliphatic carbocycles. The van der Waals surface area contributed by atoms with E-state index in [1.807, 2.05) is 28.9 Å². The Balaban J connectivity index is 1.40. The maximum absolute atomic E-state index is 6.11. The van der Waals surface area contributed by atoms with E-state index in [2.05, 4.69) is 29.8 Å². The largest absolute Gasteiger partial charge is 0.488 e. The minimum Gasteiger partial charge on any atom is -0.488 e. The van der Waals surface area contributed by atoms with Crippen molar-refractivity contribution in [3.8, 4) is 5.75 Å². The first-order valence-corrected chi connectivity index (χ1v) is 8.35. The van der Waals surface area contributed by atoms with Gasteiger partial charge in [-0.15, -0.1) is 0 Å². The molecular formula is C17H17N7O. The molecule has 0 spiro atoms. The zero-order valence-corrected chi connectivity index (χ0v) is 13.5. The van der Waals surface area contributed by atoms with Gasteiger partial charge in [0, 0.05) is 25.1 Å². The Morgan fingerprint density at radius 3 is 3.20 bits per heavy atom. The number of nitrogens with zero attached hydrogens (tertiary/aromatic N) is 6. The zero-order valence-electron chi connectivity index (χ0n) is 13.5. The van der Waals surface area contributed by atoms with Crippen molar-refractivity contribution in [1.82, 2.24) is 29.3 Å². The number of ether oxygens (including phenoxy) is 1. The number of anilines is 1. The molecule has 1 unspecified atom stereocenters. The highest BCUT2D eigenvalue weighted by atomic mass is 16.5. The molecule has 8 nitrogen and oxygen atoms in total. The molecular weight excluding hydrogens is 318 g/mol. The Morgan fingerprint density at radius 2 is 2.20 bits per heavy atom. The molecule has 5 rings (SSSR count). The molecule has 126 valence electrons. The first kappa shape index (κ1) is 14.2. The fraction of sp³-hybridized carbons (Fsp3) is 0.294. The summed E-state index contributed by atoms with van der Waals surface area (Å²) in [6, 6.07) is 4.18. The highest BCUT2D eigenvalue weighted by molar-refractivity contribution is 5.83.